The molecule has 0 aliphatic carbocycles. The first kappa shape index (κ1) is 19.4. The van der Waals surface area contributed by atoms with Gasteiger partial charge in [-0.2, -0.15) is 0 Å². The highest BCUT2D eigenvalue weighted by atomic mass is 16.5. The molecule has 0 amide bonds. The average molecular weight is 286 g/mol. The molecule has 0 aliphatic rings. The van der Waals surface area contributed by atoms with Gasteiger partial charge in [-0.1, -0.05) is 33.6 Å². The lowest BCUT2D eigenvalue weighted by molar-refractivity contribution is -0.148. The Bertz CT molecular complexity index is 251. The topological polar surface area (TPSA) is 41.6 Å². The molecule has 1 unspecified atom stereocenters. The third-order valence-electron chi connectivity index (χ3n) is 3.60. The minimum Gasteiger partial charge on any atom is -0.468 e. The molecule has 0 saturated heterocycles. The molecule has 4 heteroatoms. The number of methoxy groups -OCH3 is 1. The molecule has 0 radical (unpaired) electrons. The number of nitrogens with zero attached hydrogens (tertiary/aromatic N) is 1. The van der Waals surface area contributed by atoms with E-state index in [1.807, 2.05) is 6.92 Å². The summed E-state index contributed by atoms with van der Waals surface area (Å²) in [6, 6.07) is 0. The molecule has 0 aliphatic heterocycles. The van der Waals surface area contributed by atoms with Crippen molar-refractivity contribution in [3.63, 3.8) is 0 Å². The predicted molar refractivity (Wildman–Crippen MR) is 85.0 cm³/mol. The maximum Gasteiger partial charge on any atom is 0.327 e. The number of hydrogen-bond donors (Lipinski definition) is 1. The summed E-state index contributed by atoms with van der Waals surface area (Å²) in [6.45, 7) is 12.1. The minimum atomic E-state index is -0.605. The zero-order chi connectivity index (χ0) is 15.4. The molecule has 20 heavy (non-hydrogen) atoms. The Labute approximate surface area is 125 Å². The maximum absolute atomic E-state index is 12.1. The van der Waals surface area contributed by atoms with E-state index < -0.39 is 5.54 Å². The maximum atomic E-state index is 12.1. The molecule has 0 rings (SSSR count). The first-order valence-electron chi connectivity index (χ1n) is 8.09. The largest absolute Gasteiger partial charge is 0.468 e. The Morgan fingerprint density at radius 1 is 1.10 bits per heavy atom. The van der Waals surface area contributed by atoms with Crippen LogP contribution >= 0.6 is 0 Å². The van der Waals surface area contributed by atoms with Crippen LogP contribution in [-0.4, -0.2) is 49.7 Å². The van der Waals surface area contributed by atoms with E-state index in [9.17, 15) is 4.79 Å². The van der Waals surface area contributed by atoms with Crippen LogP contribution < -0.4 is 5.32 Å². The number of carbonyl (C=O) groups excluding carboxylic acids is 1. The fourth-order valence-electron chi connectivity index (χ4n) is 2.30. The van der Waals surface area contributed by atoms with E-state index in [0.717, 1.165) is 32.6 Å². The number of ether oxygens (including phenoxy) is 1. The molecule has 0 heterocycles. The van der Waals surface area contributed by atoms with Gasteiger partial charge in [0.05, 0.1) is 7.11 Å². The number of rotatable bonds is 12. The van der Waals surface area contributed by atoms with Gasteiger partial charge in [0.1, 0.15) is 5.54 Å². The SMILES string of the molecule is CCCCN(CCCC)CC(C)(NCCC)C(=O)OC. The quantitative estimate of drug-likeness (QED) is 0.560. The van der Waals surface area contributed by atoms with Gasteiger partial charge in [0.2, 0.25) is 0 Å². The number of unbranched alkanes of at least 4 members (excludes halogenated alkanes) is 2. The third kappa shape index (κ3) is 7.25. The highest BCUT2D eigenvalue weighted by Crippen LogP contribution is 2.12. The molecule has 0 spiro atoms. The summed E-state index contributed by atoms with van der Waals surface area (Å²) in [4.78, 5) is 14.5. The number of nitrogens with one attached hydrogen (secondary N) is 1. The van der Waals surface area contributed by atoms with Crippen LogP contribution in [0.2, 0.25) is 0 Å². The van der Waals surface area contributed by atoms with Crippen molar-refractivity contribution >= 4 is 5.97 Å². The summed E-state index contributed by atoms with van der Waals surface area (Å²) >= 11 is 0. The molecular weight excluding hydrogens is 252 g/mol. The Hall–Kier alpha value is -0.610. The van der Waals surface area contributed by atoms with E-state index in [2.05, 4.69) is 31.0 Å². The van der Waals surface area contributed by atoms with Gasteiger partial charge < -0.3 is 15.0 Å². The van der Waals surface area contributed by atoms with Crippen LogP contribution in [-0.2, 0) is 9.53 Å². The zero-order valence-corrected chi connectivity index (χ0v) is 14.1. The first-order valence-corrected chi connectivity index (χ1v) is 8.09. The summed E-state index contributed by atoms with van der Waals surface area (Å²) in [5, 5.41) is 3.36. The van der Waals surface area contributed by atoms with Gasteiger partial charge in [-0.25, -0.2) is 0 Å². The Kier molecular flexibility index (Phi) is 10.8. The van der Waals surface area contributed by atoms with Crippen LogP contribution in [0.5, 0.6) is 0 Å². The smallest absolute Gasteiger partial charge is 0.327 e. The van der Waals surface area contributed by atoms with Crippen molar-refractivity contribution in [2.45, 2.75) is 65.3 Å². The van der Waals surface area contributed by atoms with E-state index in [0.29, 0.717) is 0 Å². The predicted octanol–water partition coefficient (Wildman–Crippen LogP) is 2.82. The second kappa shape index (κ2) is 11.1. The third-order valence-corrected chi connectivity index (χ3v) is 3.60. The first-order chi connectivity index (χ1) is 9.53. The van der Waals surface area contributed by atoms with Gasteiger partial charge >= 0.3 is 5.97 Å². The van der Waals surface area contributed by atoms with E-state index in [1.54, 1.807) is 0 Å². The van der Waals surface area contributed by atoms with Crippen LogP contribution in [0.25, 0.3) is 0 Å². The van der Waals surface area contributed by atoms with Crippen LogP contribution in [0.15, 0.2) is 0 Å². The van der Waals surface area contributed by atoms with Crippen LogP contribution in [0, 0.1) is 0 Å². The summed E-state index contributed by atoms with van der Waals surface area (Å²) < 4.78 is 4.99. The summed E-state index contributed by atoms with van der Waals surface area (Å²) in [7, 11) is 1.47. The van der Waals surface area contributed by atoms with Gasteiger partial charge in [-0.3, -0.25) is 4.79 Å². The Morgan fingerprint density at radius 2 is 1.65 bits per heavy atom. The summed E-state index contributed by atoms with van der Waals surface area (Å²) in [5.74, 6) is -0.163. The Morgan fingerprint density at radius 3 is 2.05 bits per heavy atom. The minimum absolute atomic E-state index is 0.163. The van der Waals surface area contributed by atoms with Crippen molar-refractivity contribution in [1.82, 2.24) is 10.2 Å². The van der Waals surface area contributed by atoms with E-state index >= 15 is 0 Å². The molecule has 0 aromatic rings. The molecule has 0 aromatic carbocycles. The van der Waals surface area contributed by atoms with Crippen LogP contribution in [0.1, 0.15) is 59.8 Å². The molecule has 4 nitrogen and oxygen atoms in total. The van der Waals surface area contributed by atoms with Crippen molar-refractivity contribution in [1.29, 1.82) is 0 Å². The van der Waals surface area contributed by atoms with Crippen LogP contribution in [0.4, 0.5) is 0 Å². The average Bonchev–Trinajstić information content (AvgIpc) is 2.46. The molecule has 1 atom stereocenters. The van der Waals surface area contributed by atoms with E-state index in [1.165, 1.54) is 32.8 Å². The lowest BCUT2D eigenvalue weighted by Crippen LogP contribution is -2.57. The van der Waals surface area contributed by atoms with Crippen molar-refractivity contribution < 1.29 is 9.53 Å². The van der Waals surface area contributed by atoms with Gasteiger partial charge in [0.15, 0.2) is 0 Å². The standard InChI is InChI=1S/C16H34N2O2/c1-6-9-12-18(13-10-7-2)14-16(4,15(19)20-5)17-11-8-3/h17H,6-14H2,1-5H3. The highest BCUT2D eigenvalue weighted by Gasteiger charge is 2.35. The Balaban J connectivity index is 4.71. The summed E-state index contributed by atoms with van der Waals surface area (Å²) in [5.41, 5.74) is -0.605. The van der Waals surface area contributed by atoms with Crippen molar-refractivity contribution in [2.75, 3.05) is 33.3 Å². The van der Waals surface area contributed by atoms with Gasteiger partial charge in [-0.15, -0.1) is 0 Å². The lowest BCUT2D eigenvalue weighted by Gasteiger charge is -2.34. The summed E-state index contributed by atoms with van der Waals surface area (Å²) in [6.07, 6.45) is 5.72. The fraction of sp³-hybridized carbons (Fsp3) is 0.938. The van der Waals surface area contributed by atoms with Gasteiger partial charge in [0, 0.05) is 6.54 Å². The van der Waals surface area contributed by atoms with Crippen molar-refractivity contribution in [2.24, 2.45) is 0 Å². The zero-order valence-electron chi connectivity index (χ0n) is 14.1. The monoisotopic (exact) mass is 286 g/mol. The second-order valence-electron chi connectivity index (χ2n) is 5.73. The normalized spacial score (nSPS) is 14.3. The number of carbonyl (C=O) groups is 1. The lowest BCUT2D eigenvalue weighted by atomic mass is 10.0. The van der Waals surface area contributed by atoms with Crippen molar-refractivity contribution in [3.8, 4) is 0 Å². The molecule has 120 valence electrons. The fourth-order valence-corrected chi connectivity index (χ4v) is 2.30. The van der Waals surface area contributed by atoms with Gasteiger partial charge in [0.25, 0.3) is 0 Å². The molecule has 1 N–H and O–H groups in total. The second-order valence-corrected chi connectivity index (χ2v) is 5.73. The van der Waals surface area contributed by atoms with E-state index in [-0.39, 0.29) is 5.97 Å². The molecule has 0 saturated carbocycles. The van der Waals surface area contributed by atoms with Crippen molar-refractivity contribution in [3.05, 3.63) is 0 Å². The van der Waals surface area contributed by atoms with E-state index in [4.69, 9.17) is 4.74 Å². The highest BCUT2D eigenvalue weighted by molar-refractivity contribution is 5.80. The number of hydrogen-bond acceptors (Lipinski definition) is 4. The molecule has 0 aromatic heterocycles. The molecule has 0 bridgehead atoms. The number of esters is 1. The van der Waals surface area contributed by atoms with Gasteiger partial charge in [-0.05, 0) is 45.8 Å². The molecular formula is C16H34N2O2. The molecule has 0 fully saturated rings. The van der Waals surface area contributed by atoms with Crippen LogP contribution in [0.3, 0.4) is 0 Å².